The lowest BCUT2D eigenvalue weighted by atomic mass is 9.94. The summed E-state index contributed by atoms with van der Waals surface area (Å²) in [7, 11) is 0. The van der Waals surface area contributed by atoms with Gasteiger partial charge in [-0.25, -0.2) is 4.98 Å². The smallest absolute Gasteiger partial charge is 0.205 e. The third-order valence-corrected chi connectivity index (χ3v) is 5.87. The molecule has 0 amide bonds. The number of carbonyl (C=O) groups is 2. The Bertz CT molecular complexity index is 992. The molecular formula is C18H13BrN2O2S. The molecule has 2 aromatic heterocycles. The number of aryl methyl sites for hydroxylation is 1. The van der Waals surface area contributed by atoms with Crippen LogP contribution in [-0.2, 0) is 6.42 Å². The van der Waals surface area contributed by atoms with Gasteiger partial charge in [0, 0.05) is 27.4 Å². The van der Waals surface area contributed by atoms with Crippen LogP contribution in [0.25, 0.3) is 10.2 Å². The summed E-state index contributed by atoms with van der Waals surface area (Å²) in [4.78, 5) is 30.6. The number of rotatable bonds is 2. The van der Waals surface area contributed by atoms with Crippen LogP contribution in [0.15, 0.2) is 34.8 Å². The van der Waals surface area contributed by atoms with Crippen LogP contribution in [0, 0.1) is 0 Å². The van der Waals surface area contributed by atoms with Crippen LogP contribution in [-0.4, -0.2) is 16.6 Å². The number of hydrogen-bond acceptors (Lipinski definition) is 5. The van der Waals surface area contributed by atoms with Gasteiger partial charge in [-0.05, 0) is 43.2 Å². The Labute approximate surface area is 150 Å². The van der Waals surface area contributed by atoms with Crippen LogP contribution >= 0.6 is 27.3 Å². The van der Waals surface area contributed by atoms with E-state index in [1.165, 1.54) is 11.3 Å². The molecule has 1 aliphatic rings. The zero-order valence-electron chi connectivity index (χ0n) is 12.6. The first-order valence-electron chi connectivity index (χ1n) is 7.60. The molecule has 1 aliphatic carbocycles. The van der Waals surface area contributed by atoms with Crippen molar-refractivity contribution in [2.75, 3.05) is 5.73 Å². The molecule has 0 fully saturated rings. The largest absolute Gasteiger partial charge is 0.397 e. The molecule has 0 unspecified atom stereocenters. The fraction of sp³-hybridized carbons (Fsp3) is 0.167. The molecule has 0 aliphatic heterocycles. The highest BCUT2D eigenvalue weighted by molar-refractivity contribution is 9.10. The van der Waals surface area contributed by atoms with Crippen LogP contribution in [0.4, 0.5) is 5.69 Å². The normalized spacial score (nSPS) is 14.0. The number of nitrogens with two attached hydrogens (primary N) is 1. The van der Waals surface area contributed by atoms with E-state index in [0.29, 0.717) is 33.5 Å². The van der Waals surface area contributed by atoms with Crippen molar-refractivity contribution in [2.45, 2.75) is 19.3 Å². The molecule has 120 valence electrons. The summed E-state index contributed by atoms with van der Waals surface area (Å²) in [5.74, 6) is -0.00988. The van der Waals surface area contributed by atoms with Crippen molar-refractivity contribution in [2.24, 2.45) is 0 Å². The van der Waals surface area contributed by atoms with Gasteiger partial charge in [0.2, 0.25) is 5.78 Å². The zero-order valence-corrected chi connectivity index (χ0v) is 15.0. The van der Waals surface area contributed by atoms with Gasteiger partial charge < -0.3 is 5.73 Å². The number of benzene rings is 1. The van der Waals surface area contributed by atoms with Crippen LogP contribution in [0.3, 0.4) is 0 Å². The lowest BCUT2D eigenvalue weighted by Gasteiger charge is -2.13. The van der Waals surface area contributed by atoms with E-state index in [9.17, 15) is 9.59 Å². The average molecular weight is 401 g/mol. The van der Waals surface area contributed by atoms with E-state index in [0.717, 1.165) is 27.8 Å². The van der Waals surface area contributed by atoms with E-state index in [4.69, 9.17) is 5.73 Å². The molecule has 6 heteroatoms. The van der Waals surface area contributed by atoms with Gasteiger partial charge in [0.05, 0.1) is 11.4 Å². The number of hydrogen-bond donors (Lipinski definition) is 1. The molecule has 0 spiro atoms. The second-order valence-corrected chi connectivity index (χ2v) is 7.71. The summed E-state index contributed by atoms with van der Waals surface area (Å²) in [6.45, 7) is 0. The average Bonchev–Trinajstić information content (AvgIpc) is 2.90. The quantitative estimate of drug-likeness (QED) is 0.647. The van der Waals surface area contributed by atoms with Crippen molar-refractivity contribution in [1.82, 2.24) is 4.98 Å². The Morgan fingerprint density at radius 2 is 1.96 bits per heavy atom. The summed E-state index contributed by atoms with van der Waals surface area (Å²) < 4.78 is 0.913. The first-order chi connectivity index (χ1) is 11.5. The van der Waals surface area contributed by atoms with Crippen molar-refractivity contribution in [1.29, 1.82) is 0 Å². The highest BCUT2D eigenvalue weighted by Crippen LogP contribution is 2.36. The molecule has 4 rings (SSSR count). The Balaban J connectivity index is 1.85. The minimum absolute atomic E-state index is 0.108. The van der Waals surface area contributed by atoms with Crippen molar-refractivity contribution >= 4 is 54.7 Å². The number of fused-ring (bicyclic) bond motifs is 2. The highest BCUT2D eigenvalue weighted by atomic mass is 79.9. The van der Waals surface area contributed by atoms with Crippen LogP contribution in [0.5, 0.6) is 0 Å². The molecule has 0 saturated heterocycles. The molecule has 2 heterocycles. The summed E-state index contributed by atoms with van der Waals surface area (Å²) in [5.41, 5.74) is 8.68. The van der Waals surface area contributed by atoms with Gasteiger partial charge in [-0.15, -0.1) is 11.3 Å². The highest BCUT2D eigenvalue weighted by Gasteiger charge is 2.24. The molecule has 0 radical (unpaired) electrons. The van der Waals surface area contributed by atoms with Gasteiger partial charge in [0.1, 0.15) is 9.71 Å². The van der Waals surface area contributed by atoms with E-state index in [2.05, 4.69) is 20.9 Å². The van der Waals surface area contributed by atoms with Crippen LogP contribution in [0.1, 0.15) is 44.1 Å². The SMILES string of the molecule is Nc1c(C(=O)c2ccc(Br)cc2)sc2nc3c(cc12)C(=O)CCC3. The number of carbonyl (C=O) groups excluding carboxylic acids is 2. The zero-order chi connectivity index (χ0) is 16.8. The van der Waals surface area contributed by atoms with E-state index in [1.807, 2.05) is 18.2 Å². The van der Waals surface area contributed by atoms with E-state index >= 15 is 0 Å². The Kier molecular flexibility index (Phi) is 3.73. The molecule has 24 heavy (non-hydrogen) atoms. The van der Waals surface area contributed by atoms with Crippen LogP contribution in [0.2, 0.25) is 0 Å². The number of anilines is 1. The maximum absolute atomic E-state index is 12.8. The summed E-state index contributed by atoms with van der Waals surface area (Å²) in [6, 6.07) is 8.98. The maximum Gasteiger partial charge on any atom is 0.205 e. The molecule has 1 aromatic carbocycles. The predicted octanol–water partition coefficient (Wildman–Crippen LogP) is 4.39. The van der Waals surface area contributed by atoms with Gasteiger partial charge in [-0.3, -0.25) is 9.59 Å². The third kappa shape index (κ3) is 2.46. The minimum atomic E-state index is -0.118. The van der Waals surface area contributed by atoms with Gasteiger partial charge >= 0.3 is 0 Å². The van der Waals surface area contributed by atoms with Crippen molar-refractivity contribution in [3.8, 4) is 0 Å². The van der Waals surface area contributed by atoms with Crippen molar-refractivity contribution in [3.05, 3.63) is 56.5 Å². The van der Waals surface area contributed by atoms with Crippen molar-refractivity contribution < 1.29 is 9.59 Å². The van der Waals surface area contributed by atoms with Crippen LogP contribution < -0.4 is 5.73 Å². The van der Waals surface area contributed by atoms with Gasteiger partial charge in [-0.2, -0.15) is 0 Å². The standard InChI is InChI=1S/C18H13BrN2O2S/c19-10-6-4-9(5-7-10)16(23)17-15(20)12-8-11-13(21-18(12)24-17)2-1-3-14(11)22/h4-8H,1-3,20H2. The molecule has 4 nitrogen and oxygen atoms in total. The molecule has 0 saturated carbocycles. The Morgan fingerprint density at radius 3 is 2.71 bits per heavy atom. The molecular weight excluding hydrogens is 388 g/mol. The Morgan fingerprint density at radius 1 is 1.21 bits per heavy atom. The number of nitrogens with zero attached hydrogens (tertiary/aromatic N) is 1. The summed E-state index contributed by atoms with van der Waals surface area (Å²) >= 11 is 4.66. The second kappa shape index (κ2) is 5.79. The number of ketones is 2. The molecule has 3 aromatic rings. The third-order valence-electron chi connectivity index (χ3n) is 4.23. The summed E-state index contributed by atoms with van der Waals surface area (Å²) in [6.07, 6.45) is 2.18. The number of thiophene rings is 1. The Hall–Kier alpha value is -2.05. The first-order valence-corrected chi connectivity index (χ1v) is 9.21. The van der Waals surface area contributed by atoms with E-state index < -0.39 is 0 Å². The topological polar surface area (TPSA) is 73.1 Å². The van der Waals surface area contributed by atoms with Gasteiger partial charge in [-0.1, -0.05) is 15.9 Å². The molecule has 0 atom stereocenters. The molecule has 2 N–H and O–H groups in total. The lowest BCUT2D eigenvalue weighted by molar-refractivity contribution is 0.0971. The summed E-state index contributed by atoms with van der Waals surface area (Å²) in [5, 5.41) is 0.703. The number of nitrogen functional groups attached to an aromatic ring is 1. The monoisotopic (exact) mass is 400 g/mol. The van der Waals surface area contributed by atoms with Crippen molar-refractivity contribution in [3.63, 3.8) is 0 Å². The molecule has 0 bridgehead atoms. The number of Topliss-reactive ketones (excluding diaryl/α,β-unsaturated/α-hetero) is 1. The first kappa shape index (κ1) is 15.5. The lowest BCUT2D eigenvalue weighted by Crippen LogP contribution is -2.12. The number of aromatic nitrogens is 1. The maximum atomic E-state index is 12.8. The van der Waals surface area contributed by atoms with Gasteiger partial charge in [0.15, 0.2) is 5.78 Å². The fourth-order valence-electron chi connectivity index (χ4n) is 2.96. The second-order valence-electron chi connectivity index (χ2n) is 5.79. The van der Waals surface area contributed by atoms with Gasteiger partial charge in [0.25, 0.3) is 0 Å². The van der Waals surface area contributed by atoms with E-state index in [1.54, 1.807) is 12.1 Å². The fourth-order valence-corrected chi connectivity index (χ4v) is 4.28. The number of pyridine rings is 1. The number of halogens is 1. The predicted molar refractivity (Wildman–Crippen MR) is 98.9 cm³/mol. The van der Waals surface area contributed by atoms with E-state index in [-0.39, 0.29) is 11.6 Å². The minimum Gasteiger partial charge on any atom is -0.397 e.